The Morgan fingerprint density at radius 3 is 1.42 bits per heavy atom. The first-order chi connectivity index (χ1) is 55.2. The number of allylic oxidation sites excluding steroid dienone is 2. The molecule has 0 radical (unpaired) electrons. The molecular formula is C88H125ClN8O19Si2. The number of hydrogen-bond donors (Lipinski definition) is 2. The summed E-state index contributed by atoms with van der Waals surface area (Å²) in [5.41, 5.74) is -2.76. The SMILES string of the molecule is CCOC(=O)[C@@]12C[C@H]1/C=C\CCCCC[C@H](CC(=O)OC(C)(C)C)C(=O)N1C[C@@]3(CC(=O)c4c(c(CO[Si](C)(C)C(C)(C)C)nc5ccc(OC)nc45)O3)C[C@H]1C(=O)N2.CCOC(=O)[C@@]12C[C@H]1/C=C\CCCCC[C@H](CC(=O)OC(C)(C)C)C(=O)N1C[C@@]3(CC(Cl)c4c(c(CO[Si](C)(C)C(C)(C)C)nc5ccc(OC)nc45)O3)C[C@H]1C(=O)N2. The fourth-order valence-corrected chi connectivity index (χ4v) is 18.8. The highest BCUT2D eigenvalue weighted by Gasteiger charge is 2.66. The van der Waals surface area contributed by atoms with Crippen LogP contribution in [0.1, 0.15) is 245 Å². The Morgan fingerprint density at radius 2 is 0.975 bits per heavy atom. The van der Waals surface area contributed by atoms with Crippen LogP contribution in [0.4, 0.5) is 0 Å². The van der Waals surface area contributed by atoms with Crippen molar-refractivity contribution >= 4 is 104 Å². The normalized spacial score (nSPS) is 27.7. The first-order valence-electron chi connectivity index (χ1n) is 42.2. The molecule has 4 aromatic rings. The number of rotatable bonds is 16. The smallest absolute Gasteiger partial charge is 0.332 e. The van der Waals surface area contributed by atoms with E-state index in [2.05, 4.69) is 89.4 Å². The standard InChI is InChI=1S/C44H63ClN4O9Si.C44H62N4O10Si/c1-11-55-40(53)44-22-28(44)18-16-14-12-13-15-17-27(21-34(50)57-41(2,3)4)39(52)49-26-43(24-32(49)38(51)48-44)23-29(45)35-36-30(19-20-33(47-36)54-8)46-31(37(35)58-43)25-56-59(9,10)42(5,6)7;1-11-55-40(53)44-22-28(44)18-16-14-12-13-15-17-27(21-34(50)57-41(2,3)4)39(52)48-26-43(23-31(48)38(51)47-44)24-32(49)35-36-29(19-20-33(46-36)54-8)45-30(37(35)58-43)25-56-59(9,10)42(5,6)7/h16,18-20,27-29,32H,11-15,17,21-26H2,1-10H3,(H,48,51);16,18-20,27-28,31H,11-15,17,21-26H2,1-10H3,(H,47,51)/b2*18-16-/t27-,28-,29?,32+,43-,44-;27-,28-,31+,43+,44-/m11/s1. The van der Waals surface area contributed by atoms with Gasteiger partial charge in [-0.2, -0.15) is 0 Å². The third-order valence-corrected chi connectivity index (χ3v) is 34.4. The molecule has 646 valence electrons. The summed E-state index contributed by atoms with van der Waals surface area (Å²) in [5.74, 6) is -4.89. The molecule has 2 spiro atoms. The van der Waals surface area contributed by atoms with Crippen molar-refractivity contribution in [1.82, 2.24) is 40.4 Å². The number of amides is 4. The Bertz CT molecular complexity index is 4570. The zero-order valence-electron chi connectivity index (χ0n) is 72.9. The van der Waals surface area contributed by atoms with E-state index in [4.69, 9.17) is 73.3 Å². The van der Waals surface area contributed by atoms with Crippen molar-refractivity contribution in [2.75, 3.05) is 40.5 Å². The van der Waals surface area contributed by atoms with Gasteiger partial charge in [0.05, 0.1) is 95.0 Å². The number of fused-ring (bicyclic) bond motifs is 10. The van der Waals surface area contributed by atoms with Crippen molar-refractivity contribution in [2.24, 2.45) is 23.7 Å². The lowest BCUT2D eigenvalue weighted by Gasteiger charge is -2.40. The van der Waals surface area contributed by atoms with Crippen molar-refractivity contribution in [3.8, 4) is 23.3 Å². The minimum atomic E-state index is -2.32. The molecule has 10 heterocycles. The van der Waals surface area contributed by atoms with Gasteiger partial charge in [0.2, 0.25) is 35.4 Å². The lowest BCUT2D eigenvalue weighted by molar-refractivity contribution is -0.159. The summed E-state index contributed by atoms with van der Waals surface area (Å²) in [6.45, 7) is 36.1. The van der Waals surface area contributed by atoms with E-state index in [0.29, 0.717) is 95.1 Å². The number of methoxy groups -OCH3 is 2. The molecule has 1 unspecified atom stereocenters. The summed E-state index contributed by atoms with van der Waals surface area (Å²) in [6, 6.07) is 4.82. The summed E-state index contributed by atoms with van der Waals surface area (Å²) >= 11 is 7.44. The maximum Gasteiger partial charge on any atom is 0.332 e. The number of carbonyl (C=O) groups excluding carboxylic acids is 9. The van der Waals surface area contributed by atoms with Crippen molar-refractivity contribution in [2.45, 2.75) is 313 Å². The maximum absolute atomic E-state index is 15.0. The predicted octanol–water partition coefficient (Wildman–Crippen LogP) is 14.6. The van der Waals surface area contributed by atoms with Gasteiger partial charge in [-0.15, -0.1) is 11.6 Å². The molecule has 30 heteroatoms. The Hall–Kier alpha value is -8.13. The van der Waals surface area contributed by atoms with Crippen LogP contribution in [0.15, 0.2) is 48.6 Å². The number of alkyl halides is 1. The molecular weight excluding hydrogens is 1560 g/mol. The number of hydrogen-bond acceptors (Lipinski definition) is 23. The molecule has 0 aromatic carbocycles. The van der Waals surface area contributed by atoms with Gasteiger partial charge in [-0.3, -0.25) is 33.6 Å². The molecule has 6 aliphatic heterocycles. The van der Waals surface area contributed by atoms with Crippen LogP contribution in [0.25, 0.3) is 22.1 Å². The predicted molar refractivity (Wildman–Crippen MR) is 449 cm³/mol. The van der Waals surface area contributed by atoms with Gasteiger partial charge in [-0.25, -0.2) is 29.5 Å². The van der Waals surface area contributed by atoms with E-state index in [-0.39, 0.29) is 123 Å². The number of halogens is 1. The van der Waals surface area contributed by atoms with Crippen LogP contribution >= 0.6 is 11.6 Å². The average Bonchev–Trinajstić information content (AvgIpc) is 1.48. The van der Waals surface area contributed by atoms with Crippen molar-refractivity contribution in [3.63, 3.8) is 0 Å². The Kier molecular flexibility index (Phi) is 27.0. The van der Waals surface area contributed by atoms with Gasteiger partial charge in [0, 0.05) is 60.6 Å². The minimum Gasteiger partial charge on any atom is -0.483 e. The van der Waals surface area contributed by atoms with Crippen LogP contribution in [0, 0.1) is 23.7 Å². The lowest BCUT2D eigenvalue weighted by atomic mass is 9.87. The van der Waals surface area contributed by atoms with Gasteiger partial charge in [-0.05, 0) is 155 Å². The number of aromatic nitrogens is 4. The zero-order chi connectivity index (χ0) is 86.3. The number of ketones is 1. The van der Waals surface area contributed by atoms with E-state index >= 15 is 0 Å². The molecule has 8 aliphatic rings. The highest BCUT2D eigenvalue weighted by Crippen LogP contribution is 2.55. The highest BCUT2D eigenvalue weighted by molar-refractivity contribution is 6.74. The number of nitrogens with one attached hydrogen (secondary N) is 2. The van der Waals surface area contributed by atoms with Crippen LogP contribution in [0.5, 0.6) is 23.3 Å². The van der Waals surface area contributed by atoms with Crippen LogP contribution < -0.4 is 29.6 Å². The van der Waals surface area contributed by atoms with Gasteiger partial charge in [0.15, 0.2) is 33.9 Å². The van der Waals surface area contributed by atoms with Crippen LogP contribution in [0.2, 0.25) is 36.3 Å². The van der Waals surface area contributed by atoms with Crippen LogP contribution in [0.3, 0.4) is 0 Å². The first-order valence-corrected chi connectivity index (χ1v) is 48.4. The van der Waals surface area contributed by atoms with E-state index in [1.807, 2.05) is 24.3 Å². The number of ether oxygens (including phenoxy) is 8. The van der Waals surface area contributed by atoms with Crippen molar-refractivity contribution < 1.29 is 89.9 Å². The van der Waals surface area contributed by atoms with Crippen LogP contribution in [-0.2, 0) is 79.4 Å². The molecule has 11 atom stereocenters. The fraction of sp³-hybridized carbons (Fsp3) is 0.670. The monoisotopic (exact) mass is 1690 g/mol. The summed E-state index contributed by atoms with van der Waals surface area (Å²) in [5, 5.41) is 5.22. The third-order valence-electron chi connectivity index (χ3n) is 25.0. The van der Waals surface area contributed by atoms with Gasteiger partial charge < -0.3 is 67.2 Å². The molecule has 12 rings (SSSR count). The topological polar surface area (TPSA) is 328 Å². The molecule has 2 saturated heterocycles. The Morgan fingerprint density at radius 1 is 0.551 bits per heavy atom. The Balaban J connectivity index is 0.000000231. The zero-order valence-corrected chi connectivity index (χ0v) is 75.7. The number of carbonyl (C=O) groups is 9. The molecule has 27 nitrogen and oxygen atoms in total. The molecule has 2 saturated carbocycles. The van der Waals surface area contributed by atoms with Gasteiger partial charge >= 0.3 is 23.9 Å². The van der Waals surface area contributed by atoms with Crippen molar-refractivity contribution in [3.05, 3.63) is 71.1 Å². The first kappa shape index (κ1) is 90.6. The summed E-state index contributed by atoms with van der Waals surface area (Å²) < 4.78 is 60.7. The molecule has 118 heavy (non-hydrogen) atoms. The number of esters is 4. The van der Waals surface area contributed by atoms with E-state index in [0.717, 1.165) is 38.5 Å². The van der Waals surface area contributed by atoms with Crippen molar-refractivity contribution in [1.29, 1.82) is 0 Å². The lowest BCUT2D eigenvalue weighted by Crippen LogP contribution is -2.54. The molecule has 4 fully saturated rings. The summed E-state index contributed by atoms with van der Waals surface area (Å²) in [7, 11) is -1.55. The van der Waals surface area contributed by atoms with Gasteiger partial charge in [0.1, 0.15) is 68.0 Å². The molecule has 2 aliphatic carbocycles. The molecule has 2 N–H and O–H groups in total. The van der Waals surface area contributed by atoms with E-state index in [1.54, 1.807) is 85.6 Å². The second-order valence-electron chi connectivity index (χ2n) is 38.4. The van der Waals surface area contributed by atoms with E-state index in [9.17, 15) is 43.2 Å². The van der Waals surface area contributed by atoms with E-state index in [1.165, 1.54) is 12.0 Å². The molecule has 4 amide bonds. The second-order valence-corrected chi connectivity index (χ2v) is 48.6. The largest absolute Gasteiger partial charge is 0.483 e. The second kappa shape index (κ2) is 35.1. The third kappa shape index (κ3) is 20.1. The Labute approximate surface area is 701 Å². The highest BCUT2D eigenvalue weighted by atomic mass is 35.5. The van der Waals surface area contributed by atoms with E-state index < -0.39 is 121 Å². The molecule has 4 aromatic heterocycles. The molecule has 0 bridgehead atoms. The summed E-state index contributed by atoms with van der Waals surface area (Å²) in [6.07, 6.45) is 15.7. The quantitative estimate of drug-likeness (QED) is 0.0346. The van der Waals surface area contributed by atoms with Gasteiger partial charge in [0.25, 0.3) is 0 Å². The number of nitrogens with zero attached hydrogens (tertiary/aromatic N) is 6. The number of pyridine rings is 4. The number of Topliss-reactive ketones (excluding diaryl/α,β-unsaturated/α-hetero) is 1. The fourth-order valence-electron chi connectivity index (χ4n) is 16.5. The van der Waals surface area contributed by atoms with Crippen LogP contribution in [-0.4, -0.2) is 186 Å². The average molecular weight is 1690 g/mol. The van der Waals surface area contributed by atoms with Gasteiger partial charge in [-0.1, -0.05) is 91.5 Å². The minimum absolute atomic E-state index is 0.0131. The summed E-state index contributed by atoms with van der Waals surface area (Å²) in [4.78, 5) is 150. The maximum atomic E-state index is 15.0.